The van der Waals surface area contributed by atoms with Crippen LogP contribution in [-0.2, 0) is 16.1 Å². The molecular weight excluding hydrogens is 446 g/mol. The van der Waals surface area contributed by atoms with Crippen molar-refractivity contribution in [2.45, 2.75) is 53.5 Å². The Morgan fingerprint density at radius 2 is 2.03 bits per heavy atom. The first-order valence-corrected chi connectivity index (χ1v) is 11.6. The van der Waals surface area contributed by atoms with Gasteiger partial charge in [-0.1, -0.05) is 36.1 Å². The first-order valence-electron chi connectivity index (χ1n) is 10.4. The minimum Gasteiger partial charge on any atom is -0.477 e. The second-order valence-corrected chi connectivity index (χ2v) is 9.75. The molecule has 0 aliphatic heterocycles. The molecule has 5 nitrogen and oxygen atoms in total. The highest BCUT2D eigenvalue weighted by molar-refractivity contribution is 7.14. The van der Waals surface area contributed by atoms with Crippen LogP contribution in [0.25, 0.3) is 0 Å². The van der Waals surface area contributed by atoms with Gasteiger partial charge in [0.2, 0.25) is 5.91 Å². The Hall–Kier alpha value is -2.29. The highest BCUT2D eigenvalue weighted by Gasteiger charge is 2.22. The van der Waals surface area contributed by atoms with E-state index in [1.807, 2.05) is 27.7 Å². The van der Waals surface area contributed by atoms with Crippen LogP contribution in [0.15, 0.2) is 35.1 Å². The van der Waals surface area contributed by atoms with E-state index in [1.54, 1.807) is 24.2 Å². The van der Waals surface area contributed by atoms with Crippen LogP contribution >= 0.6 is 22.9 Å². The number of allylic oxidation sites excluding steroid dienone is 2. The largest absolute Gasteiger partial charge is 0.477 e. The molecule has 0 aliphatic rings. The number of carbonyl (C=O) groups excluding carboxylic acids is 1. The fourth-order valence-corrected chi connectivity index (χ4v) is 3.80. The molecule has 1 amide bonds. The molecule has 174 valence electrons. The number of rotatable bonds is 11. The molecule has 1 N–H and O–H groups in total. The summed E-state index contributed by atoms with van der Waals surface area (Å²) in [6.45, 7) is 12.2. The highest BCUT2D eigenvalue weighted by Crippen LogP contribution is 2.25. The number of ether oxygens (including phenoxy) is 1. The number of methoxy groups -OCH3 is 1. The van der Waals surface area contributed by atoms with Crippen LogP contribution in [0.2, 0.25) is 0 Å². The Morgan fingerprint density at radius 3 is 2.56 bits per heavy atom. The van der Waals surface area contributed by atoms with Gasteiger partial charge in [0.15, 0.2) is 0 Å². The number of hydrogen-bond acceptors (Lipinski definition) is 4. The maximum atomic E-state index is 13.2. The number of nitrogens with zero attached hydrogens (tertiary/aromatic N) is 1. The lowest BCUT2D eigenvalue weighted by atomic mass is 9.98. The number of carboxylic acids is 1. The molecule has 0 aliphatic carbocycles. The van der Waals surface area contributed by atoms with Crippen molar-refractivity contribution >= 4 is 34.8 Å². The van der Waals surface area contributed by atoms with Gasteiger partial charge >= 0.3 is 5.97 Å². The number of carbonyl (C=O) groups is 2. The van der Waals surface area contributed by atoms with E-state index in [9.17, 15) is 14.7 Å². The third kappa shape index (κ3) is 9.46. The number of carboxylic acid groups (broad SMARTS) is 1. The monoisotopic (exact) mass is 477 g/mol. The molecule has 1 aromatic heterocycles. The van der Waals surface area contributed by atoms with Crippen molar-refractivity contribution in [1.29, 1.82) is 0 Å². The maximum Gasteiger partial charge on any atom is 0.346 e. The van der Waals surface area contributed by atoms with Crippen LogP contribution in [0.3, 0.4) is 0 Å². The lowest BCUT2D eigenvalue weighted by Crippen LogP contribution is -2.34. The molecule has 7 heteroatoms. The summed E-state index contributed by atoms with van der Waals surface area (Å²) in [6.07, 6.45) is 3.63. The molecule has 0 unspecified atom stereocenters. The van der Waals surface area contributed by atoms with Gasteiger partial charge in [-0.05, 0) is 58.6 Å². The Balaban J connectivity index is 3.15. The second-order valence-electron chi connectivity index (χ2n) is 8.24. The van der Waals surface area contributed by atoms with Crippen molar-refractivity contribution < 1.29 is 19.4 Å². The van der Waals surface area contributed by atoms with Gasteiger partial charge in [0.25, 0.3) is 0 Å². The topological polar surface area (TPSA) is 66.8 Å². The van der Waals surface area contributed by atoms with E-state index in [0.717, 1.165) is 11.3 Å². The Labute approximate surface area is 200 Å². The molecule has 0 spiro atoms. The number of aromatic carboxylic acids is 1. The van der Waals surface area contributed by atoms with Gasteiger partial charge in [-0.2, -0.15) is 0 Å². The first kappa shape index (κ1) is 27.7. The molecule has 1 heterocycles. The van der Waals surface area contributed by atoms with E-state index in [-0.39, 0.29) is 22.7 Å². The Morgan fingerprint density at radius 1 is 1.34 bits per heavy atom. The fourth-order valence-electron chi connectivity index (χ4n) is 2.80. The summed E-state index contributed by atoms with van der Waals surface area (Å²) in [7, 11) is 1.57. The van der Waals surface area contributed by atoms with Gasteiger partial charge in [0, 0.05) is 31.2 Å². The normalized spacial score (nSPS) is 11.4. The molecule has 0 bridgehead atoms. The van der Waals surface area contributed by atoms with Crippen molar-refractivity contribution in [1.82, 2.24) is 4.90 Å². The van der Waals surface area contributed by atoms with E-state index in [4.69, 9.17) is 16.3 Å². The number of amides is 1. The summed E-state index contributed by atoms with van der Waals surface area (Å²) in [5.41, 5.74) is 3.66. The molecular formula is C25H32ClNO4S. The third-order valence-corrected chi connectivity index (χ3v) is 5.84. The second kappa shape index (κ2) is 13.3. The van der Waals surface area contributed by atoms with Gasteiger partial charge in [-0.15, -0.1) is 17.1 Å². The van der Waals surface area contributed by atoms with E-state index in [0.29, 0.717) is 53.5 Å². The van der Waals surface area contributed by atoms with Gasteiger partial charge in [0.05, 0.1) is 16.5 Å². The molecule has 32 heavy (non-hydrogen) atoms. The van der Waals surface area contributed by atoms with Crippen molar-refractivity contribution in [2.24, 2.45) is 5.41 Å². The average Bonchev–Trinajstić information content (AvgIpc) is 3.14. The smallest absolute Gasteiger partial charge is 0.346 e. The minimum atomic E-state index is -1.02. The van der Waals surface area contributed by atoms with Crippen molar-refractivity contribution in [3.8, 4) is 11.8 Å². The van der Waals surface area contributed by atoms with Crippen LogP contribution in [0.1, 0.15) is 67.1 Å². The molecule has 0 radical (unpaired) electrons. The third-order valence-electron chi connectivity index (χ3n) is 4.44. The van der Waals surface area contributed by atoms with Crippen LogP contribution in [-0.4, -0.2) is 42.1 Å². The fraction of sp³-hybridized carbons (Fsp3) is 0.480. The van der Waals surface area contributed by atoms with Crippen molar-refractivity contribution in [3.63, 3.8) is 0 Å². The van der Waals surface area contributed by atoms with E-state index >= 15 is 0 Å². The molecule has 0 saturated heterocycles. The summed E-state index contributed by atoms with van der Waals surface area (Å²) in [6, 6.07) is 1.77. The van der Waals surface area contributed by atoms with Gasteiger partial charge in [-0.3, -0.25) is 4.79 Å². The zero-order valence-electron chi connectivity index (χ0n) is 19.5. The Bertz CT molecular complexity index is 953. The van der Waals surface area contributed by atoms with Gasteiger partial charge in [0.1, 0.15) is 4.88 Å². The van der Waals surface area contributed by atoms with Crippen molar-refractivity contribution in [3.05, 3.63) is 50.4 Å². The lowest BCUT2D eigenvalue weighted by Gasteiger charge is -2.24. The van der Waals surface area contributed by atoms with Gasteiger partial charge in [-0.25, -0.2) is 4.79 Å². The zero-order valence-corrected chi connectivity index (χ0v) is 21.1. The summed E-state index contributed by atoms with van der Waals surface area (Å²) in [5.74, 6) is 5.02. The van der Waals surface area contributed by atoms with Crippen LogP contribution in [0.4, 0.5) is 0 Å². The lowest BCUT2D eigenvalue weighted by molar-refractivity contribution is -0.128. The molecule has 1 rings (SSSR count). The average molecular weight is 478 g/mol. The van der Waals surface area contributed by atoms with E-state index in [1.165, 1.54) is 0 Å². The molecule has 1 aromatic rings. The number of halogens is 1. The number of thiophene rings is 1. The Kier molecular flexibility index (Phi) is 11.5. The van der Waals surface area contributed by atoms with Gasteiger partial charge < -0.3 is 14.7 Å². The quantitative estimate of drug-likeness (QED) is 0.247. The predicted octanol–water partition coefficient (Wildman–Crippen LogP) is 5.84. The molecule has 0 atom stereocenters. The summed E-state index contributed by atoms with van der Waals surface area (Å²) in [5, 5.41) is 10.2. The van der Waals surface area contributed by atoms with E-state index < -0.39 is 5.97 Å². The minimum absolute atomic E-state index is 0.145. The van der Waals surface area contributed by atoms with E-state index in [2.05, 4.69) is 24.2 Å². The van der Waals surface area contributed by atoms with Crippen LogP contribution in [0.5, 0.6) is 0 Å². The van der Waals surface area contributed by atoms with Crippen molar-refractivity contribution in [2.75, 3.05) is 20.3 Å². The predicted molar refractivity (Wildman–Crippen MR) is 131 cm³/mol. The van der Waals surface area contributed by atoms with Crippen LogP contribution < -0.4 is 0 Å². The SMILES string of the molecule is C=C=C(Cl)CCCC(=CC)C(=O)N(CCOC)Cc1cc(C#CC(C)(C)C)sc1C(=O)O. The standard InChI is InChI=1S/C25H32ClNO4S/c1-7-18(10-9-11-20(26)8-2)23(28)27(14-15-31-6)17-19-16-21(12-13-25(3,4)5)32-22(19)24(29)30/h7,16H,2,9-11,14-15,17H2,1,3-6H3,(H,29,30). The molecule has 0 aromatic carbocycles. The highest BCUT2D eigenvalue weighted by atomic mass is 35.5. The summed E-state index contributed by atoms with van der Waals surface area (Å²) < 4.78 is 5.17. The number of hydrogen-bond donors (Lipinski definition) is 1. The first-order chi connectivity index (χ1) is 15.0. The molecule has 0 saturated carbocycles. The summed E-state index contributed by atoms with van der Waals surface area (Å²) >= 11 is 7.09. The summed E-state index contributed by atoms with van der Waals surface area (Å²) in [4.78, 5) is 27.6. The maximum absolute atomic E-state index is 13.2. The van der Waals surface area contributed by atoms with Crippen LogP contribution in [0, 0.1) is 17.3 Å². The molecule has 0 fully saturated rings. The zero-order chi connectivity index (χ0) is 24.3.